The fraction of sp³-hybridized carbons (Fsp3) is 0.450. The zero-order chi connectivity index (χ0) is 15.2. The first-order chi connectivity index (χ1) is 10.1. The molecule has 0 N–H and O–H groups in total. The van der Waals surface area contributed by atoms with Crippen LogP contribution in [0.3, 0.4) is 0 Å². The Kier molecular flexibility index (Phi) is 18.9. The molecule has 2 rings (SSSR count). The molecular weight excluding hydrogens is 466 g/mol. The summed E-state index contributed by atoms with van der Waals surface area (Å²) in [5.74, 6) is 0. The third-order valence-corrected chi connectivity index (χ3v) is 6.73. The molecule has 0 saturated carbocycles. The van der Waals surface area contributed by atoms with Crippen molar-refractivity contribution in [2.45, 2.75) is 59.4 Å². The molecule has 0 spiro atoms. The summed E-state index contributed by atoms with van der Waals surface area (Å²) in [5.41, 5.74) is 8.06. The van der Waals surface area contributed by atoms with Crippen LogP contribution in [-0.4, -0.2) is 9.52 Å². The third kappa shape index (κ3) is 8.39. The van der Waals surface area contributed by atoms with Gasteiger partial charge in [-0.25, -0.2) is 0 Å². The van der Waals surface area contributed by atoms with Gasteiger partial charge in [-0.2, -0.15) is 27.8 Å². The van der Waals surface area contributed by atoms with Crippen LogP contribution in [0.25, 0.3) is 0 Å². The van der Waals surface area contributed by atoms with E-state index in [-0.39, 0.29) is 72.9 Å². The molecule has 0 bridgehead atoms. The molecule has 25 heavy (non-hydrogen) atoms. The van der Waals surface area contributed by atoms with Gasteiger partial charge in [0, 0.05) is 9.52 Å². The first kappa shape index (κ1) is 30.3. The number of rotatable bonds is 7. The van der Waals surface area contributed by atoms with Gasteiger partial charge in [-0.15, -0.1) is 0 Å². The number of hydrogen-bond acceptors (Lipinski definition) is 0. The smallest absolute Gasteiger partial charge is 1.00 e. The Hall–Kier alpha value is 0.540. The Morgan fingerprint density at radius 3 is 2.04 bits per heavy atom. The quantitative estimate of drug-likeness (QED) is 0.206. The van der Waals surface area contributed by atoms with Crippen LogP contribution >= 0.6 is 0 Å². The SMILES string of the molecule is CCCCCc1c(C)c(C)c(C)[c-]1C[SiH2]c1ccccc1.[Cl-].[Cl-].[Cl-].[Zr+4]. The molecule has 2 aromatic rings. The number of benzene rings is 1. The van der Waals surface area contributed by atoms with Crippen LogP contribution in [0.4, 0.5) is 0 Å². The van der Waals surface area contributed by atoms with Gasteiger partial charge < -0.3 is 37.2 Å². The molecule has 5 heteroatoms. The van der Waals surface area contributed by atoms with E-state index in [1.807, 2.05) is 0 Å². The predicted octanol–water partition coefficient (Wildman–Crippen LogP) is -4.93. The second-order valence-corrected chi connectivity index (χ2v) is 8.09. The fourth-order valence-electron chi connectivity index (χ4n) is 3.33. The Morgan fingerprint density at radius 1 is 0.880 bits per heavy atom. The summed E-state index contributed by atoms with van der Waals surface area (Å²) in [5, 5.41) is 1.59. The van der Waals surface area contributed by atoms with Gasteiger partial charge in [0.05, 0.1) is 0 Å². The summed E-state index contributed by atoms with van der Waals surface area (Å²) >= 11 is 0. The minimum atomic E-state index is -0.184. The Labute approximate surface area is 194 Å². The van der Waals surface area contributed by atoms with E-state index in [9.17, 15) is 0 Å². The molecule has 0 aliphatic rings. The topological polar surface area (TPSA) is 0 Å². The number of halogens is 3. The van der Waals surface area contributed by atoms with Crippen molar-refractivity contribution in [2.24, 2.45) is 0 Å². The van der Waals surface area contributed by atoms with Crippen LogP contribution in [0.1, 0.15) is 54.0 Å². The maximum Gasteiger partial charge on any atom is 4.00 e. The Morgan fingerprint density at radius 2 is 1.48 bits per heavy atom. The van der Waals surface area contributed by atoms with E-state index >= 15 is 0 Å². The van der Waals surface area contributed by atoms with Crippen LogP contribution < -0.4 is 42.4 Å². The van der Waals surface area contributed by atoms with Gasteiger partial charge in [0.15, 0.2) is 0 Å². The van der Waals surface area contributed by atoms with Crippen molar-refractivity contribution >= 4 is 14.7 Å². The Balaban J connectivity index is -0.00000121. The van der Waals surface area contributed by atoms with Crippen molar-refractivity contribution in [2.75, 3.05) is 0 Å². The summed E-state index contributed by atoms with van der Waals surface area (Å²) < 4.78 is 0. The second-order valence-electron chi connectivity index (χ2n) is 6.27. The molecule has 0 aliphatic heterocycles. The Bertz CT molecular complexity index is 582. The van der Waals surface area contributed by atoms with Gasteiger partial charge in [-0.3, -0.25) is 0 Å². The van der Waals surface area contributed by atoms with Crippen molar-refractivity contribution in [3.05, 3.63) is 58.1 Å². The van der Waals surface area contributed by atoms with E-state index in [0.29, 0.717) is 0 Å². The summed E-state index contributed by atoms with van der Waals surface area (Å²) in [6.07, 6.45) is 5.30. The molecule has 0 fully saturated rings. The van der Waals surface area contributed by atoms with E-state index in [2.05, 4.69) is 58.0 Å². The zero-order valence-corrected chi connectivity index (χ0v) is 21.9. The molecule has 0 radical (unpaired) electrons. The average molecular weight is 495 g/mol. The van der Waals surface area contributed by atoms with Gasteiger partial charge >= 0.3 is 26.2 Å². The van der Waals surface area contributed by atoms with Crippen LogP contribution in [0, 0.1) is 20.8 Å². The minimum absolute atomic E-state index is 0. The number of unbranched alkanes of at least 4 members (excludes halogenated alkanes) is 2. The largest absolute Gasteiger partial charge is 4.00 e. The summed E-state index contributed by atoms with van der Waals surface area (Å²) in [6.45, 7) is 9.26. The molecule has 138 valence electrons. The summed E-state index contributed by atoms with van der Waals surface area (Å²) in [6, 6.07) is 12.4. The van der Waals surface area contributed by atoms with E-state index in [0.717, 1.165) is 0 Å². The van der Waals surface area contributed by atoms with Crippen LogP contribution in [0.2, 0.25) is 0 Å². The van der Waals surface area contributed by atoms with Crippen LogP contribution in [-0.2, 0) is 38.7 Å². The standard InChI is InChI=1S/C20H29Si.3ClH.Zr/c1-5-6-8-13-19-16(3)15(2)17(4)20(19)14-21-18-11-9-7-10-12-18;;;;/h7,9-12H,5-6,8,13-14,21H2,1-4H3;3*1H;/q-1;;;;+4/p-3. The predicted molar refractivity (Wildman–Crippen MR) is 97.8 cm³/mol. The molecule has 0 amide bonds. The monoisotopic (exact) mass is 492 g/mol. The molecular formula is C20H29Cl3SiZr. The average Bonchev–Trinajstić information content (AvgIpc) is 2.71. The molecule has 0 nitrogen and oxygen atoms in total. The van der Waals surface area contributed by atoms with Crippen LogP contribution in [0.15, 0.2) is 30.3 Å². The molecule has 0 unspecified atom stereocenters. The van der Waals surface area contributed by atoms with E-state index in [1.165, 1.54) is 31.7 Å². The van der Waals surface area contributed by atoms with Gasteiger partial charge in [-0.05, 0) is 0 Å². The molecule has 0 aromatic heterocycles. The van der Waals surface area contributed by atoms with Gasteiger partial charge in [-0.1, -0.05) is 94.9 Å². The van der Waals surface area contributed by atoms with Gasteiger partial charge in [0.25, 0.3) is 0 Å². The zero-order valence-electron chi connectivity index (χ0n) is 15.8. The molecule has 0 atom stereocenters. The first-order valence-corrected chi connectivity index (χ1v) is 10.1. The van der Waals surface area contributed by atoms with E-state index in [4.69, 9.17) is 0 Å². The van der Waals surface area contributed by atoms with E-state index in [1.54, 1.807) is 33.0 Å². The summed E-state index contributed by atoms with van der Waals surface area (Å²) in [4.78, 5) is 0. The summed E-state index contributed by atoms with van der Waals surface area (Å²) in [7, 11) is -0.184. The van der Waals surface area contributed by atoms with E-state index < -0.39 is 0 Å². The van der Waals surface area contributed by atoms with Crippen molar-refractivity contribution in [1.82, 2.24) is 0 Å². The van der Waals surface area contributed by atoms with Gasteiger partial charge in [0.2, 0.25) is 0 Å². The maximum atomic E-state index is 2.33. The normalized spacial score (nSPS) is 9.76. The molecule has 0 aliphatic carbocycles. The van der Waals surface area contributed by atoms with Crippen molar-refractivity contribution in [1.29, 1.82) is 0 Å². The molecule has 2 aromatic carbocycles. The minimum Gasteiger partial charge on any atom is -1.00 e. The molecule has 0 saturated heterocycles. The van der Waals surface area contributed by atoms with Crippen LogP contribution in [0.5, 0.6) is 0 Å². The number of hydrogen-bond donors (Lipinski definition) is 0. The van der Waals surface area contributed by atoms with Crippen molar-refractivity contribution < 1.29 is 63.4 Å². The third-order valence-electron chi connectivity index (χ3n) is 4.93. The fourth-order valence-corrected chi connectivity index (χ4v) is 5.15. The first-order valence-electron chi connectivity index (χ1n) is 8.43. The second kappa shape index (κ2) is 15.6. The van der Waals surface area contributed by atoms with Gasteiger partial charge in [0.1, 0.15) is 0 Å². The van der Waals surface area contributed by atoms with Crippen molar-refractivity contribution in [3.8, 4) is 0 Å². The maximum absolute atomic E-state index is 2.33. The van der Waals surface area contributed by atoms with Crippen molar-refractivity contribution in [3.63, 3.8) is 0 Å². The molecule has 0 heterocycles.